The summed E-state index contributed by atoms with van der Waals surface area (Å²) in [5.41, 5.74) is 20.8. The predicted octanol–water partition coefficient (Wildman–Crippen LogP) is 7.58. The lowest BCUT2D eigenvalue weighted by Gasteiger charge is -2.12. The molecule has 0 atom stereocenters. The van der Waals surface area contributed by atoms with Crippen LogP contribution >= 0.6 is 11.3 Å². The second kappa shape index (κ2) is 8.13. The number of para-hydroxylation sites is 1. The summed E-state index contributed by atoms with van der Waals surface area (Å²) in [6.07, 6.45) is 0. The molecule has 31 heavy (non-hydrogen) atoms. The second-order valence-corrected chi connectivity index (χ2v) is 8.44. The Kier molecular flexibility index (Phi) is 5.03. The number of thiophene rings is 1. The van der Waals surface area contributed by atoms with Gasteiger partial charge < -0.3 is 11.5 Å². The molecule has 1 aromatic heterocycles. The fraction of sp³-hybridized carbons (Fsp3) is 0. The van der Waals surface area contributed by atoms with Crippen molar-refractivity contribution < 1.29 is 0 Å². The van der Waals surface area contributed by atoms with Crippen LogP contribution < -0.4 is 11.5 Å². The molecule has 4 aromatic carbocycles. The van der Waals surface area contributed by atoms with Gasteiger partial charge in [0.2, 0.25) is 0 Å². The van der Waals surface area contributed by atoms with Crippen molar-refractivity contribution in [3.05, 3.63) is 109 Å². The molecule has 150 valence electrons. The van der Waals surface area contributed by atoms with Gasteiger partial charge in [0.25, 0.3) is 0 Å². The SMILES string of the molecule is Nc1cccc(-c2sc(-c3ccccc3)c(-c3ccccc3)c2-c2ccccc2)c1N. The summed E-state index contributed by atoms with van der Waals surface area (Å²) in [6.45, 7) is 0. The van der Waals surface area contributed by atoms with Gasteiger partial charge in [-0.25, -0.2) is 0 Å². The Balaban J connectivity index is 1.92. The van der Waals surface area contributed by atoms with Crippen LogP contribution in [0.15, 0.2) is 109 Å². The summed E-state index contributed by atoms with van der Waals surface area (Å²) in [6, 6.07) is 37.5. The highest BCUT2D eigenvalue weighted by atomic mass is 32.1. The molecule has 5 aromatic rings. The Morgan fingerprint density at radius 1 is 0.452 bits per heavy atom. The van der Waals surface area contributed by atoms with E-state index in [1.54, 1.807) is 11.3 Å². The van der Waals surface area contributed by atoms with E-state index in [4.69, 9.17) is 11.5 Å². The molecule has 0 aliphatic carbocycles. The number of benzene rings is 4. The fourth-order valence-electron chi connectivity index (χ4n) is 3.96. The van der Waals surface area contributed by atoms with Gasteiger partial charge in [-0.1, -0.05) is 103 Å². The van der Waals surface area contributed by atoms with Gasteiger partial charge in [-0.15, -0.1) is 11.3 Å². The van der Waals surface area contributed by atoms with Gasteiger partial charge in [-0.05, 0) is 22.8 Å². The first-order valence-corrected chi connectivity index (χ1v) is 11.0. The van der Waals surface area contributed by atoms with Crippen LogP contribution in [0.5, 0.6) is 0 Å². The van der Waals surface area contributed by atoms with Crippen molar-refractivity contribution in [1.29, 1.82) is 0 Å². The molecule has 0 bridgehead atoms. The van der Waals surface area contributed by atoms with Crippen molar-refractivity contribution in [2.75, 3.05) is 11.5 Å². The maximum absolute atomic E-state index is 6.48. The van der Waals surface area contributed by atoms with E-state index in [1.165, 1.54) is 27.1 Å². The third-order valence-corrected chi connectivity index (χ3v) is 6.73. The molecule has 0 aliphatic heterocycles. The van der Waals surface area contributed by atoms with Crippen LogP contribution in [0.2, 0.25) is 0 Å². The lowest BCUT2D eigenvalue weighted by atomic mass is 9.91. The zero-order valence-corrected chi connectivity index (χ0v) is 17.8. The Morgan fingerprint density at radius 3 is 1.48 bits per heavy atom. The smallest absolute Gasteiger partial charge is 0.0635 e. The maximum Gasteiger partial charge on any atom is 0.0635 e. The third kappa shape index (κ3) is 3.49. The molecule has 0 amide bonds. The zero-order chi connectivity index (χ0) is 21.2. The van der Waals surface area contributed by atoms with Gasteiger partial charge in [0, 0.05) is 26.4 Å². The van der Waals surface area contributed by atoms with Crippen LogP contribution in [0.4, 0.5) is 11.4 Å². The van der Waals surface area contributed by atoms with E-state index < -0.39 is 0 Å². The minimum Gasteiger partial charge on any atom is -0.397 e. The van der Waals surface area contributed by atoms with Gasteiger partial charge >= 0.3 is 0 Å². The minimum atomic E-state index is 0.604. The van der Waals surface area contributed by atoms with Gasteiger partial charge in [0.1, 0.15) is 0 Å². The highest BCUT2D eigenvalue weighted by Gasteiger charge is 2.24. The van der Waals surface area contributed by atoms with Crippen LogP contribution in [0.3, 0.4) is 0 Å². The number of hydrogen-bond acceptors (Lipinski definition) is 3. The standard InChI is InChI=1S/C28H22N2S/c29-23-18-10-17-22(26(23)30)28-25(20-13-6-2-7-14-20)24(19-11-4-1-5-12-19)27(31-28)21-15-8-3-9-16-21/h1-18H,29-30H2. The molecule has 0 saturated carbocycles. The molecule has 0 fully saturated rings. The summed E-state index contributed by atoms with van der Waals surface area (Å²) in [4.78, 5) is 2.36. The van der Waals surface area contributed by atoms with Gasteiger partial charge in [-0.2, -0.15) is 0 Å². The number of hydrogen-bond donors (Lipinski definition) is 2. The van der Waals surface area contributed by atoms with Gasteiger partial charge in [0.15, 0.2) is 0 Å². The molecule has 2 nitrogen and oxygen atoms in total. The third-order valence-electron chi connectivity index (χ3n) is 5.45. The molecular formula is C28H22N2S. The molecular weight excluding hydrogens is 396 g/mol. The topological polar surface area (TPSA) is 52.0 Å². The normalized spacial score (nSPS) is 10.8. The Morgan fingerprint density at radius 2 is 0.935 bits per heavy atom. The van der Waals surface area contributed by atoms with E-state index in [-0.39, 0.29) is 0 Å². The number of nitrogens with two attached hydrogens (primary N) is 2. The number of anilines is 2. The average molecular weight is 419 g/mol. The first kappa shape index (κ1) is 19.2. The molecule has 3 heteroatoms. The predicted molar refractivity (Wildman–Crippen MR) is 135 cm³/mol. The molecule has 0 radical (unpaired) electrons. The maximum atomic E-state index is 6.48. The van der Waals surface area contributed by atoms with E-state index in [2.05, 4.69) is 84.9 Å². The van der Waals surface area contributed by atoms with Crippen molar-refractivity contribution in [2.45, 2.75) is 0 Å². The molecule has 0 aliphatic rings. The number of nitrogen functional groups attached to an aromatic ring is 2. The minimum absolute atomic E-state index is 0.604. The van der Waals surface area contributed by atoms with Crippen molar-refractivity contribution in [3.8, 4) is 43.1 Å². The first-order chi connectivity index (χ1) is 15.2. The van der Waals surface area contributed by atoms with E-state index >= 15 is 0 Å². The quantitative estimate of drug-likeness (QED) is 0.296. The van der Waals surface area contributed by atoms with Crippen LogP contribution in [0.25, 0.3) is 43.1 Å². The van der Waals surface area contributed by atoms with E-state index in [0.717, 1.165) is 16.0 Å². The van der Waals surface area contributed by atoms with Gasteiger partial charge in [-0.3, -0.25) is 0 Å². The van der Waals surface area contributed by atoms with E-state index in [0.29, 0.717) is 11.4 Å². The average Bonchev–Trinajstić information content (AvgIpc) is 3.23. The van der Waals surface area contributed by atoms with Crippen LogP contribution in [-0.2, 0) is 0 Å². The monoisotopic (exact) mass is 418 g/mol. The van der Waals surface area contributed by atoms with Crippen LogP contribution in [0, 0.1) is 0 Å². The molecule has 0 saturated heterocycles. The second-order valence-electron chi connectivity index (χ2n) is 7.42. The van der Waals surface area contributed by atoms with E-state index in [1.807, 2.05) is 24.3 Å². The van der Waals surface area contributed by atoms with E-state index in [9.17, 15) is 0 Å². The molecule has 5 rings (SSSR count). The molecule has 1 heterocycles. The summed E-state index contributed by atoms with van der Waals surface area (Å²) in [5.74, 6) is 0. The van der Waals surface area contributed by atoms with Crippen LogP contribution in [-0.4, -0.2) is 0 Å². The van der Waals surface area contributed by atoms with Crippen molar-refractivity contribution in [2.24, 2.45) is 0 Å². The molecule has 0 unspecified atom stereocenters. The first-order valence-electron chi connectivity index (χ1n) is 10.2. The Hall–Kier alpha value is -3.82. The molecule has 4 N–H and O–H groups in total. The lowest BCUT2D eigenvalue weighted by molar-refractivity contribution is 1.61. The van der Waals surface area contributed by atoms with Crippen molar-refractivity contribution in [3.63, 3.8) is 0 Å². The summed E-state index contributed by atoms with van der Waals surface area (Å²) in [5, 5.41) is 0. The lowest BCUT2D eigenvalue weighted by Crippen LogP contribution is -1.96. The summed E-state index contributed by atoms with van der Waals surface area (Å²) >= 11 is 1.77. The Bertz CT molecular complexity index is 1320. The molecule has 0 spiro atoms. The highest BCUT2D eigenvalue weighted by Crippen LogP contribution is 2.53. The summed E-state index contributed by atoms with van der Waals surface area (Å²) in [7, 11) is 0. The van der Waals surface area contributed by atoms with Crippen molar-refractivity contribution >= 4 is 22.7 Å². The fourth-order valence-corrected chi connectivity index (χ4v) is 5.35. The highest BCUT2D eigenvalue weighted by molar-refractivity contribution is 7.20. The Labute approximate surface area is 186 Å². The largest absolute Gasteiger partial charge is 0.397 e. The van der Waals surface area contributed by atoms with Crippen molar-refractivity contribution in [1.82, 2.24) is 0 Å². The van der Waals surface area contributed by atoms with Crippen LogP contribution in [0.1, 0.15) is 0 Å². The summed E-state index contributed by atoms with van der Waals surface area (Å²) < 4.78 is 0. The zero-order valence-electron chi connectivity index (χ0n) is 17.0. The van der Waals surface area contributed by atoms with Gasteiger partial charge in [0.05, 0.1) is 11.4 Å². The number of rotatable bonds is 4.